The summed E-state index contributed by atoms with van der Waals surface area (Å²) >= 11 is 0. The second-order valence-corrected chi connectivity index (χ2v) is 10.9. The van der Waals surface area contributed by atoms with Gasteiger partial charge in [-0.2, -0.15) is 8.42 Å². The maximum Gasteiger partial charge on any atom is 0.264 e. The standard InChI is InChI=1S/C21H34O3S/c1-14(2)21(4)11-10-19-16(12-21)8-9-18-17(13-24-25(5,22)23)7-6-15(3)20(18)19/h10,15-18,20H,1,6-9,11-13H2,2-5H3/t15?,16?,17-,18?,20+,21-/m1/s1. The second kappa shape index (κ2) is 6.84. The van der Waals surface area contributed by atoms with Gasteiger partial charge in [-0.1, -0.05) is 37.6 Å². The van der Waals surface area contributed by atoms with Crippen molar-refractivity contribution in [3.63, 3.8) is 0 Å². The Balaban J connectivity index is 1.80. The highest BCUT2D eigenvalue weighted by Crippen LogP contribution is 2.56. The molecule has 0 N–H and O–H groups in total. The molecule has 0 bridgehead atoms. The summed E-state index contributed by atoms with van der Waals surface area (Å²) in [7, 11) is -3.35. The summed E-state index contributed by atoms with van der Waals surface area (Å²) < 4.78 is 28.0. The molecule has 25 heavy (non-hydrogen) atoms. The van der Waals surface area contributed by atoms with Crippen molar-refractivity contribution in [2.75, 3.05) is 12.9 Å². The Kier molecular flexibility index (Phi) is 5.25. The van der Waals surface area contributed by atoms with Gasteiger partial charge in [0, 0.05) is 0 Å². The fourth-order valence-corrected chi connectivity index (χ4v) is 6.09. The van der Waals surface area contributed by atoms with Gasteiger partial charge < -0.3 is 0 Å². The topological polar surface area (TPSA) is 43.4 Å². The molecule has 3 rings (SSSR count). The van der Waals surface area contributed by atoms with Crippen molar-refractivity contribution in [3.05, 3.63) is 23.8 Å². The van der Waals surface area contributed by atoms with E-state index in [2.05, 4.69) is 33.4 Å². The SMILES string of the molecule is C=C(C)[C@]1(C)CC=C2C(CCC3[C@@H](COS(C)(=O)=O)CCC(C)[C@H]23)C1. The van der Waals surface area contributed by atoms with Crippen LogP contribution in [-0.2, 0) is 14.3 Å². The van der Waals surface area contributed by atoms with Crippen molar-refractivity contribution in [3.8, 4) is 0 Å². The van der Waals surface area contributed by atoms with E-state index in [0.717, 1.165) is 19.1 Å². The third kappa shape index (κ3) is 3.90. The monoisotopic (exact) mass is 366 g/mol. The highest BCUT2D eigenvalue weighted by atomic mass is 32.2. The molecule has 2 saturated carbocycles. The van der Waals surface area contributed by atoms with Gasteiger partial charge in [0.25, 0.3) is 10.1 Å². The fraction of sp³-hybridized carbons (Fsp3) is 0.810. The number of fused-ring (bicyclic) bond motifs is 3. The molecular formula is C21H34O3S. The number of allylic oxidation sites excluding steroid dienone is 3. The molecule has 0 spiro atoms. The molecule has 3 aliphatic rings. The summed E-state index contributed by atoms with van der Waals surface area (Å²) in [5.41, 5.74) is 3.23. The van der Waals surface area contributed by atoms with E-state index < -0.39 is 10.1 Å². The van der Waals surface area contributed by atoms with Crippen molar-refractivity contribution in [1.82, 2.24) is 0 Å². The minimum atomic E-state index is -3.35. The molecule has 0 radical (unpaired) electrons. The van der Waals surface area contributed by atoms with Crippen molar-refractivity contribution in [2.24, 2.45) is 35.0 Å². The lowest BCUT2D eigenvalue weighted by molar-refractivity contribution is 0.0425. The maximum atomic E-state index is 11.4. The zero-order valence-electron chi connectivity index (χ0n) is 16.3. The third-order valence-electron chi connectivity index (χ3n) is 7.39. The molecule has 0 amide bonds. The molecule has 0 aromatic rings. The van der Waals surface area contributed by atoms with Crippen molar-refractivity contribution >= 4 is 10.1 Å². The first-order chi connectivity index (χ1) is 11.6. The molecule has 142 valence electrons. The van der Waals surface area contributed by atoms with Crippen LogP contribution >= 0.6 is 0 Å². The third-order valence-corrected chi connectivity index (χ3v) is 7.95. The zero-order valence-corrected chi connectivity index (χ0v) is 17.1. The quantitative estimate of drug-likeness (QED) is 0.522. The van der Waals surface area contributed by atoms with E-state index in [0.29, 0.717) is 36.2 Å². The van der Waals surface area contributed by atoms with Crippen LogP contribution in [0.2, 0.25) is 0 Å². The van der Waals surface area contributed by atoms with Crippen LogP contribution in [0.25, 0.3) is 0 Å². The van der Waals surface area contributed by atoms with Crippen LogP contribution in [0.1, 0.15) is 59.3 Å². The van der Waals surface area contributed by atoms with Gasteiger partial charge in [-0.3, -0.25) is 4.18 Å². The van der Waals surface area contributed by atoms with Gasteiger partial charge in [0.2, 0.25) is 0 Å². The molecule has 3 unspecified atom stereocenters. The summed E-state index contributed by atoms with van der Waals surface area (Å²) in [6, 6.07) is 0. The van der Waals surface area contributed by atoms with E-state index >= 15 is 0 Å². The molecule has 6 atom stereocenters. The van der Waals surface area contributed by atoms with Crippen molar-refractivity contribution < 1.29 is 12.6 Å². The van der Waals surface area contributed by atoms with E-state index in [1.807, 2.05) is 0 Å². The first-order valence-corrected chi connectivity index (χ1v) is 11.6. The summed E-state index contributed by atoms with van der Waals surface area (Å²) in [4.78, 5) is 0. The maximum absolute atomic E-state index is 11.4. The van der Waals surface area contributed by atoms with E-state index in [9.17, 15) is 8.42 Å². The molecule has 4 heteroatoms. The van der Waals surface area contributed by atoms with Gasteiger partial charge in [-0.05, 0) is 80.5 Å². The average Bonchev–Trinajstić information content (AvgIpc) is 2.52. The molecule has 0 aromatic heterocycles. The van der Waals surface area contributed by atoms with E-state index in [-0.39, 0.29) is 5.41 Å². The summed E-state index contributed by atoms with van der Waals surface area (Å²) in [6.45, 7) is 11.5. The molecule has 3 nitrogen and oxygen atoms in total. The number of rotatable bonds is 4. The summed E-state index contributed by atoms with van der Waals surface area (Å²) in [5, 5.41) is 0. The molecular weight excluding hydrogens is 332 g/mol. The van der Waals surface area contributed by atoms with Gasteiger partial charge in [-0.15, -0.1) is 0 Å². The first-order valence-electron chi connectivity index (χ1n) is 9.81. The van der Waals surface area contributed by atoms with Gasteiger partial charge >= 0.3 is 0 Å². The molecule has 3 aliphatic carbocycles. The fourth-order valence-electron chi connectivity index (χ4n) is 5.67. The van der Waals surface area contributed by atoms with Crippen LogP contribution in [0.15, 0.2) is 23.8 Å². The lowest BCUT2D eigenvalue weighted by Crippen LogP contribution is -2.43. The molecule has 0 saturated heterocycles. The highest BCUT2D eigenvalue weighted by molar-refractivity contribution is 7.85. The molecule has 0 heterocycles. The van der Waals surface area contributed by atoms with Gasteiger partial charge in [0.05, 0.1) is 12.9 Å². The van der Waals surface area contributed by atoms with E-state index in [4.69, 9.17) is 4.18 Å². The Morgan fingerprint density at radius 2 is 2.04 bits per heavy atom. The Morgan fingerprint density at radius 3 is 2.68 bits per heavy atom. The van der Waals surface area contributed by atoms with Crippen LogP contribution in [0, 0.1) is 35.0 Å². The van der Waals surface area contributed by atoms with Crippen molar-refractivity contribution in [2.45, 2.75) is 59.3 Å². The number of hydrogen-bond acceptors (Lipinski definition) is 3. The molecule has 2 fully saturated rings. The van der Waals surface area contributed by atoms with Crippen LogP contribution in [0.3, 0.4) is 0 Å². The average molecular weight is 367 g/mol. The number of hydrogen-bond donors (Lipinski definition) is 0. The van der Waals surface area contributed by atoms with Crippen LogP contribution in [-0.4, -0.2) is 21.3 Å². The minimum Gasteiger partial charge on any atom is -0.270 e. The zero-order chi connectivity index (χ0) is 18.4. The Hall–Kier alpha value is -0.610. The lowest BCUT2D eigenvalue weighted by Gasteiger charge is -2.52. The van der Waals surface area contributed by atoms with Crippen LogP contribution in [0.5, 0.6) is 0 Å². The second-order valence-electron chi connectivity index (χ2n) is 9.22. The molecule has 0 aromatic carbocycles. The van der Waals surface area contributed by atoms with Crippen LogP contribution in [0.4, 0.5) is 0 Å². The van der Waals surface area contributed by atoms with Crippen LogP contribution < -0.4 is 0 Å². The normalized spacial score (nSPS) is 41.4. The van der Waals surface area contributed by atoms with Gasteiger partial charge in [-0.25, -0.2) is 0 Å². The first kappa shape index (κ1) is 19.2. The summed E-state index contributed by atoms with van der Waals surface area (Å²) in [6.07, 6.45) is 10.7. The highest BCUT2D eigenvalue weighted by Gasteiger charge is 2.47. The lowest BCUT2D eigenvalue weighted by atomic mass is 9.53. The van der Waals surface area contributed by atoms with Crippen molar-refractivity contribution in [1.29, 1.82) is 0 Å². The van der Waals surface area contributed by atoms with Gasteiger partial charge in [0.15, 0.2) is 0 Å². The Bertz CT molecular complexity index is 663. The predicted octanol–water partition coefficient (Wildman–Crippen LogP) is 4.95. The van der Waals surface area contributed by atoms with E-state index in [1.165, 1.54) is 31.3 Å². The molecule has 0 aliphatic heterocycles. The van der Waals surface area contributed by atoms with Gasteiger partial charge in [0.1, 0.15) is 0 Å². The minimum absolute atomic E-state index is 0.248. The van der Waals surface area contributed by atoms with E-state index in [1.54, 1.807) is 5.57 Å². The largest absolute Gasteiger partial charge is 0.270 e. The Labute approximate surface area is 154 Å². The summed E-state index contributed by atoms with van der Waals surface area (Å²) in [5.74, 6) is 2.97. The smallest absolute Gasteiger partial charge is 0.264 e. The predicted molar refractivity (Wildman–Crippen MR) is 103 cm³/mol. The Morgan fingerprint density at radius 1 is 1.32 bits per heavy atom.